The first-order valence-corrected chi connectivity index (χ1v) is 7.74. The Morgan fingerprint density at radius 3 is 2.42 bits per heavy atom. The van der Waals surface area contributed by atoms with E-state index in [1.165, 1.54) is 0 Å². The van der Waals surface area contributed by atoms with Gasteiger partial charge < -0.3 is 9.30 Å². The zero-order valence-electron chi connectivity index (χ0n) is 8.26. The van der Waals surface area contributed by atoms with Crippen LogP contribution in [-0.2, 0) is 9.53 Å². The molecule has 0 N–H and O–H groups in total. The SMILES string of the molecule is CN(C1COC(=O)C1)[Si](C)(C)C. The summed E-state index contributed by atoms with van der Waals surface area (Å²) in [5, 5.41) is 0. The maximum absolute atomic E-state index is 10.9. The van der Waals surface area contributed by atoms with Gasteiger partial charge in [-0.25, -0.2) is 0 Å². The molecule has 0 radical (unpaired) electrons. The Balaban J connectivity index is 2.54. The van der Waals surface area contributed by atoms with Crippen molar-refractivity contribution in [1.82, 2.24) is 4.57 Å². The summed E-state index contributed by atoms with van der Waals surface area (Å²) < 4.78 is 7.25. The highest BCUT2D eigenvalue weighted by atomic mass is 28.3. The molecule has 1 fully saturated rings. The third kappa shape index (κ3) is 2.07. The van der Waals surface area contributed by atoms with Crippen LogP contribution >= 0.6 is 0 Å². The van der Waals surface area contributed by atoms with Gasteiger partial charge in [0.05, 0.1) is 6.42 Å². The van der Waals surface area contributed by atoms with Crippen molar-refractivity contribution >= 4 is 14.2 Å². The van der Waals surface area contributed by atoms with Crippen molar-refractivity contribution in [3.63, 3.8) is 0 Å². The van der Waals surface area contributed by atoms with Crippen molar-refractivity contribution < 1.29 is 9.53 Å². The molecule has 0 aliphatic carbocycles. The monoisotopic (exact) mass is 187 g/mol. The lowest BCUT2D eigenvalue weighted by Gasteiger charge is -2.33. The second-order valence-corrected chi connectivity index (χ2v) is 9.37. The fourth-order valence-corrected chi connectivity index (χ4v) is 2.56. The third-order valence-electron chi connectivity index (χ3n) is 2.44. The van der Waals surface area contributed by atoms with Crippen LogP contribution < -0.4 is 0 Å². The second-order valence-electron chi connectivity index (χ2n) is 4.32. The maximum Gasteiger partial charge on any atom is 0.307 e. The topological polar surface area (TPSA) is 29.5 Å². The molecule has 3 nitrogen and oxygen atoms in total. The number of hydrogen-bond acceptors (Lipinski definition) is 3. The van der Waals surface area contributed by atoms with Crippen molar-refractivity contribution in [2.45, 2.75) is 32.1 Å². The smallest absolute Gasteiger partial charge is 0.307 e. The molecule has 1 aliphatic rings. The molecule has 4 heteroatoms. The normalized spacial score (nSPS) is 24.8. The lowest BCUT2D eigenvalue weighted by atomic mass is 10.3. The summed E-state index contributed by atoms with van der Waals surface area (Å²) in [5.41, 5.74) is 0. The second kappa shape index (κ2) is 3.18. The molecule has 12 heavy (non-hydrogen) atoms. The van der Waals surface area contributed by atoms with E-state index < -0.39 is 8.24 Å². The quantitative estimate of drug-likeness (QED) is 0.478. The van der Waals surface area contributed by atoms with Crippen LogP contribution in [0.15, 0.2) is 0 Å². The summed E-state index contributed by atoms with van der Waals surface area (Å²) in [4.78, 5) is 10.9. The van der Waals surface area contributed by atoms with E-state index in [4.69, 9.17) is 4.74 Å². The molecule has 70 valence electrons. The summed E-state index contributed by atoms with van der Waals surface area (Å²) in [7, 11) is 0.842. The van der Waals surface area contributed by atoms with E-state index in [-0.39, 0.29) is 5.97 Å². The first-order valence-electron chi connectivity index (χ1n) is 4.30. The fourth-order valence-electron chi connectivity index (χ4n) is 1.30. The van der Waals surface area contributed by atoms with Gasteiger partial charge in [-0.3, -0.25) is 4.79 Å². The van der Waals surface area contributed by atoms with Crippen LogP contribution in [0.3, 0.4) is 0 Å². The van der Waals surface area contributed by atoms with Crippen molar-refractivity contribution in [1.29, 1.82) is 0 Å². The minimum absolute atomic E-state index is 0.0508. The molecule has 0 aromatic rings. The number of nitrogens with zero attached hydrogens (tertiary/aromatic N) is 1. The Labute approximate surface area is 74.8 Å². The lowest BCUT2D eigenvalue weighted by molar-refractivity contribution is -0.137. The average molecular weight is 187 g/mol. The van der Waals surface area contributed by atoms with E-state index in [0.29, 0.717) is 19.1 Å². The number of esters is 1. The van der Waals surface area contributed by atoms with Gasteiger partial charge in [0.2, 0.25) is 0 Å². The summed E-state index contributed by atoms with van der Waals surface area (Å²) in [6.45, 7) is 7.40. The van der Waals surface area contributed by atoms with Gasteiger partial charge in [-0.1, -0.05) is 19.6 Å². The highest BCUT2D eigenvalue weighted by Crippen LogP contribution is 2.18. The van der Waals surface area contributed by atoms with E-state index in [9.17, 15) is 4.79 Å². The molecule has 0 spiro atoms. The Morgan fingerprint density at radius 1 is 1.50 bits per heavy atom. The Bertz CT molecular complexity index is 188. The number of hydrogen-bond donors (Lipinski definition) is 0. The van der Waals surface area contributed by atoms with Crippen LogP contribution in [0.25, 0.3) is 0 Å². The number of carbonyl (C=O) groups is 1. The summed E-state index contributed by atoms with van der Waals surface area (Å²) >= 11 is 0. The van der Waals surface area contributed by atoms with Gasteiger partial charge in [0.15, 0.2) is 0 Å². The van der Waals surface area contributed by atoms with E-state index in [1.807, 2.05) is 0 Å². The van der Waals surface area contributed by atoms with Crippen LogP contribution in [0.4, 0.5) is 0 Å². The fraction of sp³-hybridized carbons (Fsp3) is 0.875. The first-order chi connectivity index (χ1) is 5.41. The van der Waals surface area contributed by atoms with E-state index in [0.717, 1.165) is 0 Å². The number of ether oxygens (including phenoxy) is 1. The molecule has 0 aromatic carbocycles. The van der Waals surface area contributed by atoms with Gasteiger partial charge in [0, 0.05) is 6.04 Å². The number of likely N-dealkylation sites (N-methyl/N-ethyl adjacent to an activating group) is 1. The van der Waals surface area contributed by atoms with Crippen molar-refractivity contribution in [3.05, 3.63) is 0 Å². The van der Waals surface area contributed by atoms with Gasteiger partial charge in [0.1, 0.15) is 14.8 Å². The first kappa shape index (κ1) is 9.73. The molecule has 1 saturated heterocycles. The van der Waals surface area contributed by atoms with Crippen LogP contribution in [0.5, 0.6) is 0 Å². The summed E-state index contributed by atoms with van der Waals surface area (Å²) in [6.07, 6.45) is 0.570. The van der Waals surface area contributed by atoms with Crippen LogP contribution in [0.1, 0.15) is 6.42 Å². The molecule has 0 saturated carbocycles. The number of cyclic esters (lactones) is 1. The Hall–Kier alpha value is -0.353. The minimum Gasteiger partial charge on any atom is -0.464 e. The summed E-state index contributed by atoms with van der Waals surface area (Å²) in [5.74, 6) is -0.0508. The predicted octanol–water partition coefficient (Wildman–Crippen LogP) is 1.07. The van der Waals surface area contributed by atoms with Crippen LogP contribution in [0, 0.1) is 0 Å². The Morgan fingerprint density at radius 2 is 2.08 bits per heavy atom. The van der Waals surface area contributed by atoms with Gasteiger partial charge in [-0.2, -0.15) is 0 Å². The largest absolute Gasteiger partial charge is 0.464 e. The zero-order valence-corrected chi connectivity index (χ0v) is 9.26. The van der Waals surface area contributed by atoms with Crippen LogP contribution in [-0.4, -0.2) is 38.5 Å². The molecule has 1 heterocycles. The standard InChI is InChI=1S/C8H17NO2Si/c1-9(12(2,3)4)7-5-8(10)11-6-7/h7H,5-6H2,1-4H3. The lowest BCUT2D eigenvalue weighted by Crippen LogP contribution is -2.49. The predicted molar refractivity (Wildman–Crippen MR) is 50.5 cm³/mol. The summed E-state index contributed by atoms with van der Waals surface area (Å²) in [6, 6.07) is 0.323. The van der Waals surface area contributed by atoms with Crippen LogP contribution in [0.2, 0.25) is 19.6 Å². The molecule has 0 bridgehead atoms. The number of carbonyl (C=O) groups excluding carboxylic acids is 1. The highest BCUT2D eigenvalue weighted by molar-refractivity contribution is 6.73. The van der Waals surface area contributed by atoms with Gasteiger partial charge in [-0.15, -0.1) is 0 Å². The molecular formula is C8H17NO2Si. The minimum atomic E-state index is -1.25. The zero-order chi connectivity index (χ0) is 9.35. The van der Waals surface area contributed by atoms with Crippen molar-refractivity contribution in [3.8, 4) is 0 Å². The van der Waals surface area contributed by atoms with E-state index in [1.54, 1.807) is 0 Å². The molecule has 1 aliphatic heterocycles. The molecule has 1 atom stereocenters. The third-order valence-corrected chi connectivity index (χ3v) is 4.93. The molecule has 1 unspecified atom stereocenters. The van der Waals surface area contributed by atoms with Gasteiger partial charge >= 0.3 is 5.97 Å². The van der Waals surface area contributed by atoms with E-state index >= 15 is 0 Å². The molecular weight excluding hydrogens is 170 g/mol. The number of rotatable bonds is 2. The molecule has 0 amide bonds. The van der Waals surface area contributed by atoms with Gasteiger partial charge in [-0.05, 0) is 7.05 Å². The highest BCUT2D eigenvalue weighted by Gasteiger charge is 2.33. The molecule has 1 rings (SSSR count). The van der Waals surface area contributed by atoms with Crippen molar-refractivity contribution in [2.24, 2.45) is 0 Å². The van der Waals surface area contributed by atoms with E-state index in [2.05, 4.69) is 31.3 Å². The average Bonchev–Trinajstić information content (AvgIpc) is 2.32. The van der Waals surface area contributed by atoms with Gasteiger partial charge in [0.25, 0.3) is 0 Å². The van der Waals surface area contributed by atoms with Crippen molar-refractivity contribution in [2.75, 3.05) is 13.7 Å². The molecule has 0 aromatic heterocycles. The Kier molecular flexibility index (Phi) is 2.58. The maximum atomic E-state index is 10.9.